The molecule has 21 heavy (non-hydrogen) atoms. The number of halogens is 2. The van der Waals surface area contributed by atoms with Gasteiger partial charge in [-0.15, -0.1) is 0 Å². The average molecular weight is 327 g/mol. The number of aromatic nitrogens is 1. The minimum absolute atomic E-state index is 0.260. The van der Waals surface area contributed by atoms with Crippen molar-refractivity contribution in [3.8, 4) is 11.5 Å². The minimum atomic E-state index is -0.369. The molecule has 0 aliphatic rings. The number of anilines is 1. The highest BCUT2D eigenvalue weighted by atomic mass is 35.5. The van der Waals surface area contributed by atoms with E-state index in [1.807, 2.05) is 0 Å². The molecule has 0 atom stereocenters. The fraction of sp³-hybridized carbons (Fsp3) is 0.143. The van der Waals surface area contributed by atoms with Crippen molar-refractivity contribution in [2.24, 2.45) is 0 Å². The zero-order chi connectivity index (χ0) is 15.4. The van der Waals surface area contributed by atoms with E-state index in [1.54, 1.807) is 18.2 Å². The van der Waals surface area contributed by atoms with Gasteiger partial charge in [0.25, 0.3) is 5.91 Å². The Labute approximate surface area is 131 Å². The van der Waals surface area contributed by atoms with E-state index in [1.165, 1.54) is 26.6 Å². The lowest BCUT2D eigenvalue weighted by atomic mass is 10.2. The highest BCUT2D eigenvalue weighted by molar-refractivity contribution is 6.39. The Kier molecular flexibility index (Phi) is 4.88. The van der Waals surface area contributed by atoms with Gasteiger partial charge in [0.2, 0.25) is 0 Å². The van der Waals surface area contributed by atoms with E-state index < -0.39 is 0 Å². The van der Waals surface area contributed by atoms with Gasteiger partial charge in [0.15, 0.2) is 11.5 Å². The molecule has 0 saturated carbocycles. The van der Waals surface area contributed by atoms with Crippen molar-refractivity contribution in [3.05, 3.63) is 46.2 Å². The third-order valence-corrected chi connectivity index (χ3v) is 3.31. The summed E-state index contributed by atoms with van der Waals surface area (Å²) in [5.74, 6) is 0.622. The van der Waals surface area contributed by atoms with Crippen LogP contribution in [0.15, 0.2) is 30.6 Å². The lowest BCUT2D eigenvalue weighted by molar-refractivity contribution is 0.102. The summed E-state index contributed by atoms with van der Waals surface area (Å²) in [6.45, 7) is 0. The molecule has 0 aliphatic carbocycles. The topological polar surface area (TPSA) is 60.5 Å². The number of nitrogens with one attached hydrogen (secondary N) is 1. The predicted octanol–water partition coefficient (Wildman–Crippen LogP) is 3.66. The van der Waals surface area contributed by atoms with Crippen molar-refractivity contribution in [1.82, 2.24) is 4.98 Å². The van der Waals surface area contributed by atoms with Gasteiger partial charge < -0.3 is 14.8 Å². The molecule has 1 aromatic heterocycles. The van der Waals surface area contributed by atoms with E-state index in [-0.39, 0.29) is 16.0 Å². The molecule has 1 amide bonds. The van der Waals surface area contributed by atoms with Crippen LogP contribution in [0.25, 0.3) is 0 Å². The van der Waals surface area contributed by atoms with Crippen LogP contribution in [-0.4, -0.2) is 25.1 Å². The van der Waals surface area contributed by atoms with Gasteiger partial charge in [-0.2, -0.15) is 0 Å². The van der Waals surface area contributed by atoms with Crippen LogP contribution in [0.1, 0.15) is 10.4 Å². The molecule has 0 aliphatic heterocycles. The first kappa shape index (κ1) is 15.4. The Hall–Kier alpha value is -1.98. The Balaban J connectivity index is 2.29. The van der Waals surface area contributed by atoms with E-state index in [4.69, 9.17) is 32.7 Å². The van der Waals surface area contributed by atoms with Crippen molar-refractivity contribution < 1.29 is 14.3 Å². The molecule has 0 saturated heterocycles. The molecule has 1 N–H and O–H groups in total. The van der Waals surface area contributed by atoms with E-state index in [9.17, 15) is 4.79 Å². The van der Waals surface area contributed by atoms with Gasteiger partial charge in [0.1, 0.15) is 0 Å². The molecule has 1 heterocycles. The highest BCUT2D eigenvalue weighted by Crippen LogP contribution is 2.31. The number of benzene rings is 1. The number of nitrogens with zero attached hydrogens (tertiary/aromatic N) is 1. The molecule has 1 aromatic carbocycles. The molecule has 7 heteroatoms. The van der Waals surface area contributed by atoms with Crippen LogP contribution in [0.5, 0.6) is 11.5 Å². The molecule has 0 spiro atoms. The van der Waals surface area contributed by atoms with Gasteiger partial charge in [-0.3, -0.25) is 9.78 Å². The zero-order valence-electron chi connectivity index (χ0n) is 11.3. The minimum Gasteiger partial charge on any atom is -0.493 e. The summed E-state index contributed by atoms with van der Waals surface area (Å²) in [6.07, 6.45) is 2.80. The van der Waals surface area contributed by atoms with Crippen LogP contribution in [0.4, 0.5) is 5.69 Å². The van der Waals surface area contributed by atoms with Gasteiger partial charge in [-0.1, -0.05) is 23.2 Å². The van der Waals surface area contributed by atoms with Crippen molar-refractivity contribution in [2.45, 2.75) is 0 Å². The van der Waals surface area contributed by atoms with Crippen LogP contribution < -0.4 is 14.8 Å². The Morgan fingerprint density at radius 3 is 2.29 bits per heavy atom. The summed E-state index contributed by atoms with van der Waals surface area (Å²) in [7, 11) is 3.02. The Morgan fingerprint density at radius 1 is 1.10 bits per heavy atom. The molecule has 2 aromatic rings. The van der Waals surface area contributed by atoms with Gasteiger partial charge >= 0.3 is 0 Å². The smallest absolute Gasteiger partial charge is 0.255 e. The number of hydrogen-bond donors (Lipinski definition) is 1. The lowest BCUT2D eigenvalue weighted by Crippen LogP contribution is -2.13. The first-order valence-electron chi connectivity index (χ1n) is 5.89. The predicted molar refractivity (Wildman–Crippen MR) is 81.8 cm³/mol. The average Bonchev–Trinajstić information content (AvgIpc) is 2.50. The fourth-order valence-electron chi connectivity index (χ4n) is 1.69. The van der Waals surface area contributed by atoms with Gasteiger partial charge in [0, 0.05) is 18.0 Å². The van der Waals surface area contributed by atoms with E-state index in [0.29, 0.717) is 22.7 Å². The van der Waals surface area contributed by atoms with Crippen molar-refractivity contribution in [2.75, 3.05) is 19.5 Å². The summed E-state index contributed by atoms with van der Waals surface area (Å²) in [5.41, 5.74) is 0.699. The largest absolute Gasteiger partial charge is 0.493 e. The molecular formula is C14H12Cl2N2O3. The molecule has 0 unspecified atom stereocenters. The number of carbonyl (C=O) groups excluding carboxylic acids is 1. The van der Waals surface area contributed by atoms with E-state index in [2.05, 4.69) is 10.3 Å². The summed E-state index contributed by atoms with van der Waals surface area (Å²) >= 11 is 11.9. The standard InChI is InChI=1S/C14H12Cl2N2O3/c1-20-11-4-3-8(5-12(11)21-2)14(19)18-13-9(15)6-17-7-10(13)16/h3-7H,1-2H3,(H,17,18,19). The molecular weight excluding hydrogens is 315 g/mol. The quantitative estimate of drug-likeness (QED) is 0.931. The maximum atomic E-state index is 12.2. The molecule has 2 rings (SSSR count). The van der Waals surface area contributed by atoms with E-state index in [0.717, 1.165) is 0 Å². The number of amides is 1. The van der Waals surface area contributed by atoms with Gasteiger partial charge in [-0.25, -0.2) is 0 Å². The van der Waals surface area contributed by atoms with Crippen molar-refractivity contribution in [3.63, 3.8) is 0 Å². The number of carbonyl (C=O) groups is 1. The Bertz CT molecular complexity index is 657. The second-order valence-electron chi connectivity index (χ2n) is 4.00. The number of methoxy groups -OCH3 is 2. The van der Waals surface area contributed by atoms with Crippen LogP contribution in [0.3, 0.4) is 0 Å². The third kappa shape index (κ3) is 3.37. The summed E-state index contributed by atoms with van der Waals surface area (Å²) in [5, 5.41) is 3.17. The first-order chi connectivity index (χ1) is 10.1. The molecule has 110 valence electrons. The zero-order valence-corrected chi connectivity index (χ0v) is 12.8. The number of rotatable bonds is 4. The van der Waals surface area contributed by atoms with Gasteiger partial charge in [0.05, 0.1) is 30.0 Å². The summed E-state index contributed by atoms with van der Waals surface area (Å²) < 4.78 is 10.3. The second kappa shape index (κ2) is 6.65. The van der Waals surface area contributed by atoms with Crippen molar-refractivity contribution >= 4 is 34.8 Å². The van der Waals surface area contributed by atoms with Crippen LogP contribution in [0, 0.1) is 0 Å². The van der Waals surface area contributed by atoms with Crippen molar-refractivity contribution in [1.29, 1.82) is 0 Å². The fourth-order valence-corrected chi connectivity index (χ4v) is 2.15. The first-order valence-corrected chi connectivity index (χ1v) is 6.64. The van der Waals surface area contributed by atoms with Gasteiger partial charge in [-0.05, 0) is 18.2 Å². The molecule has 0 bridgehead atoms. The lowest BCUT2D eigenvalue weighted by Gasteiger charge is -2.11. The van der Waals surface area contributed by atoms with Crippen LogP contribution >= 0.6 is 23.2 Å². The summed E-state index contributed by atoms with van der Waals surface area (Å²) in [4.78, 5) is 16.1. The molecule has 0 fully saturated rings. The maximum Gasteiger partial charge on any atom is 0.255 e. The second-order valence-corrected chi connectivity index (χ2v) is 4.82. The van der Waals surface area contributed by atoms with Crippen LogP contribution in [-0.2, 0) is 0 Å². The highest BCUT2D eigenvalue weighted by Gasteiger charge is 2.14. The van der Waals surface area contributed by atoms with Crippen LogP contribution in [0.2, 0.25) is 10.0 Å². The third-order valence-electron chi connectivity index (χ3n) is 2.74. The monoisotopic (exact) mass is 326 g/mol. The SMILES string of the molecule is COc1ccc(C(=O)Nc2c(Cl)cncc2Cl)cc1OC. The molecule has 5 nitrogen and oxygen atoms in total. The normalized spacial score (nSPS) is 10.1. The molecule has 0 radical (unpaired) electrons. The number of hydrogen-bond acceptors (Lipinski definition) is 4. The number of pyridine rings is 1. The Morgan fingerprint density at radius 2 is 1.71 bits per heavy atom. The summed E-state index contributed by atoms with van der Waals surface area (Å²) in [6, 6.07) is 4.82. The maximum absolute atomic E-state index is 12.2. The van der Waals surface area contributed by atoms with E-state index >= 15 is 0 Å². The number of ether oxygens (including phenoxy) is 2.